The van der Waals surface area contributed by atoms with E-state index in [-0.39, 0.29) is 28.8 Å². The summed E-state index contributed by atoms with van der Waals surface area (Å²) in [6.45, 7) is 0.544. The lowest BCUT2D eigenvalue weighted by molar-refractivity contribution is -0.192. The number of nitrogens with zero attached hydrogens (tertiary/aromatic N) is 1. The van der Waals surface area contributed by atoms with Gasteiger partial charge in [0.15, 0.2) is 6.04 Å². The third kappa shape index (κ3) is 10.2. The minimum absolute atomic E-state index is 0.130. The van der Waals surface area contributed by atoms with E-state index in [0.29, 0.717) is 49.7 Å². The first-order chi connectivity index (χ1) is 25.0. The van der Waals surface area contributed by atoms with Gasteiger partial charge in [-0.2, -0.15) is 26.7 Å². The summed E-state index contributed by atoms with van der Waals surface area (Å²) in [4.78, 5) is 24.2. The van der Waals surface area contributed by atoms with E-state index in [1.807, 2.05) is 0 Å². The lowest BCUT2D eigenvalue weighted by Gasteiger charge is -2.41. The number of benzene rings is 3. The Bertz CT molecular complexity index is 1790. The summed E-state index contributed by atoms with van der Waals surface area (Å²) in [5, 5.41) is 7.12. The van der Waals surface area contributed by atoms with Crippen LogP contribution in [-0.2, 0) is 25.5 Å². The van der Waals surface area contributed by atoms with Crippen LogP contribution in [0, 0.1) is 5.92 Å². The molecule has 1 amide bonds. The van der Waals surface area contributed by atoms with Gasteiger partial charge in [0.25, 0.3) is 5.92 Å². The molecule has 2 saturated heterocycles. The number of alkyl halides is 5. The Labute approximate surface area is 304 Å². The monoisotopic (exact) mass is 767 g/mol. The molecule has 6 rings (SSSR count). The maximum absolute atomic E-state index is 16.6. The number of nitrogens with two attached hydrogens (primary N) is 1. The Kier molecular flexibility index (Phi) is 12.7. The number of para-hydroxylation sites is 1. The van der Waals surface area contributed by atoms with E-state index in [2.05, 4.69) is 4.72 Å². The quantitative estimate of drug-likeness (QED) is 0.177. The van der Waals surface area contributed by atoms with Gasteiger partial charge in [0.1, 0.15) is 17.2 Å². The number of carbonyl (C=O) groups is 2. The van der Waals surface area contributed by atoms with Crippen LogP contribution in [0.4, 0.5) is 22.0 Å². The van der Waals surface area contributed by atoms with Crippen molar-refractivity contribution in [3.63, 3.8) is 0 Å². The predicted octanol–water partition coefficient (Wildman–Crippen LogP) is 6.99. The summed E-state index contributed by atoms with van der Waals surface area (Å²) < 4.78 is 106. The van der Waals surface area contributed by atoms with Crippen molar-refractivity contribution in [1.29, 1.82) is 0 Å². The lowest BCUT2D eigenvalue weighted by Crippen LogP contribution is -2.60. The number of carbonyl (C=O) groups excluding carboxylic acids is 1. The van der Waals surface area contributed by atoms with E-state index in [0.717, 1.165) is 18.9 Å². The fourth-order valence-electron chi connectivity index (χ4n) is 7.07. The molecule has 3 atom stereocenters. The molecule has 0 aromatic heterocycles. The van der Waals surface area contributed by atoms with Crippen molar-refractivity contribution in [2.24, 2.45) is 11.7 Å². The van der Waals surface area contributed by atoms with Gasteiger partial charge < -0.3 is 25.2 Å². The number of aliphatic carboxylic acids is 1. The molecule has 2 bridgehead atoms. The van der Waals surface area contributed by atoms with Crippen LogP contribution in [-0.4, -0.2) is 67.3 Å². The standard InChI is InChI=1S/C35H41F2N3O5S.C2HF3O2/c36-35(37,25-10-7-13-31(20-25)45-30-11-5-2-6-12-30)33(34(41)40-27-14-15-28(40)22-26(38)21-27)39-46(42,43)32-18-16-29(17-19-32)44-23-24-8-3-1-4-9-24;3-2(4,5)1(6)7/h2,5-7,10-13,16-20,24,26-28,33,39H,1,3-4,8-9,14-15,21-23,38H2;(H,6,7). The summed E-state index contributed by atoms with van der Waals surface area (Å²) in [5.41, 5.74) is 5.64. The molecule has 10 nitrogen and oxygen atoms in total. The Balaban J connectivity index is 0.000000705. The van der Waals surface area contributed by atoms with E-state index in [4.69, 9.17) is 25.1 Å². The maximum atomic E-state index is 16.6. The first kappa shape index (κ1) is 39.9. The molecule has 53 heavy (non-hydrogen) atoms. The van der Waals surface area contributed by atoms with Gasteiger partial charge in [-0.1, -0.05) is 49.6 Å². The second-order valence-corrected chi connectivity index (χ2v) is 15.3. The molecule has 16 heteroatoms. The number of amides is 1. The summed E-state index contributed by atoms with van der Waals surface area (Å²) in [5.74, 6) is -6.11. The zero-order valence-corrected chi connectivity index (χ0v) is 29.5. The Morgan fingerprint density at radius 2 is 1.42 bits per heavy atom. The van der Waals surface area contributed by atoms with Crippen LogP contribution < -0.4 is 19.9 Å². The van der Waals surface area contributed by atoms with E-state index in [9.17, 15) is 26.4 Å². The number of rotatable bonds is 11. The molecule has 2 heterocycles. The summed E-state index contributed by atoms with van der Waals surface area (Å²) >= 11 is 0. The summed E-state index contributed by atoms with van der Waals surface area (Å²) in [6, 6.07) is 16.4. The highest BCUT2D eigenvalue weighted by Gasteiger charge is 2.53. The van der Waals surface area contributed by atoms with Gasteiger partial charge in [0.2, 0.25) is 15.9 Å². The average Bonchev–Trinajstić information content (AvgIpc) is 3.40. The number of halogens is 5. The SMILES string of the molecule is NC1CC2CCC(C1)N2C(=O)C(NS(=O)(=O)c1ccc(OCC2CCCCC2)cc1)C(F)(F)c1cccc(Oc2ccccc2)c1.O=C(O)C(F)(F)F. The molecular formula is C37H42F5N3O7S. The van der Waals surface area contributed by atoms with Crippen molar-refractivity contribution in [1.82, 2.24) is 9.62 Å². The van der Waals surface area contributed by atoms with Crippen LogP contribution >= 0.6 is 0 Å². The molecule has 1 aliphatic carbocycles. The third-order valence-corrected chi connectivity index (χ3v) is 11.1. The molecule has 4 N–H and O–H groups in total. The first-order valence-corrected chi connectivity index (χ1v) is 18.9. The van der Waals surface area contributed by atoms with Gasteiger partial charge >= 0.3 is 12.1 Å². The Morgan fingerprint density at radius 1 is 0.830 bits per heavy atom. The highest BCUT2D eigenvalue weighted by Crippen LogP contribution is 2.41. The van der Waals surface area contributed by atoms with Gasteiger partial charge in [0.05, 0.1) is 11.5 Å². The molecule has 1 saturated carbocycles. The zero-order valence-electron chi connectivity index (χ0n) is 28.7. The van der Waals surface area contributed by atoms with Crippen molar-refractivity contribution >= 4 is 21.9 Å². The predicted molar refractivity (Wildman–Crippen MR) is 184 cm³/mol. The number of ether oxygens (including phenoxy) is 2. The van der Waals surface area contributed by atoms with Crippen LogP contribution in [0.5, 0.6) is 17.2 Å². The third-order valence-electron chi connectivity index (χ3n) is 9.69. The first-order valence-electron chi connectivity index (χ1n) is 17.4. The lowest BCUT2D eigenvalue weighted by atomic mass is 9.90. The minimum atomic E-state index is -5.08. The van der Waals surface area contributed by atoms with Crippen molar-refractivity contribution in [3.8, 4) is 17.2 Å². The molecule has 288 valence electrons. The van der Waals surface area contributed by atoms with Crippen molar-refractivity contribution in [3.05, 3.63) is 84.4 Å². The molecule has 0 radical (unpaired) electrons. The van der Waals surface area contributed by atoms with Crippen LogP contribution in [0.3, 0.4) is 0 Å². The number of sulfonamides is 1. The van der Waals surface area contributed by atoms with E-state index >= 15 is 8.78 Å². The smallest absolute Gasteiger partial charge is 0.490 e. The van der Waals surface area contributed by atoms with Gasteiger partial charge in [-0.15, -0.1) is 0 Å². The topological polar surface area (TPSA) is 148 Å². The summed E-state index contributed by atoms with van der Waals surface area (Å²) in [7, 11) is -4.56. The molecule has 2 aliphatic heterocycles. The fourth-order valence-corrected chi connectivity index (χ4v) is 8.26. The number of fused-ring (bicyclic) bond motifs is 2. The normalized spacial score (nSPS) is 21.2. The van der Waals surface area contributed by atoms with Gasteiger partial charge in [-0.25, -0.2) is 13.2 Å². The molecule has 3 aliphatic rings. The van der Waals surface area contributed by atoms with Crippen molar-refractivity contribution in [2.75, 3.05) is 6.61 Å². The molecule has 3 aromatic rings. The number of carboxylic acid groups (broad SMARTS) is 1. The molecule has 3 unspecified atom stereocenters. The highest BCUT2D eigenvalue weighted by atomic mass is 32.2. The second-order valence-electron chi connectivity index (χ2n) is 13.6. The van der Waals surface area contributed by atoms with Crippen LogP contribution in [0.1, 0.15) is 63.4 Å². The van der Waals surface area contributed by atoms with Crippen LogP contribution in [0.25, 0.3) is 0 Å². The van der Waals surface area contributed by atoms with Crippen LogP contribution in [0.2, 0.25) is 0 Å². The Hall–Kier alpha value is -4.28. The summed E-state index contributed by atoms with van der Waals surface area (Å²) in [6.07, 6.45) is 2.95. The number of nitrogens with one attached hydrogen (secondary N) is 1. The van der Waals surface area contributed by atoms with E-state index in [1.165, 1.54) is 66.6 Å². The number of hydrogen-bond donors (Lipinski definition) is 3. The zero-order chi connectivity index (χ0) is 38.4. The van der Waals surface area contributed by atoms with Crippen molar-refractivity contribution < 1.29 is 54.5 Å². The second kappa shape index (κ2) is 16.8. The number of hydrogen-bond acceptors (Lipinski definition) is 7. The van der Waals surface area contributed by atoms with Gasteiger partial charge in [-0.05, 0) is 93.0 Å². The van der Waals surface area contributed by atoms with Crippen LogP contribution in [0.15, 0.2) is 83.8 Å². The van der Waals surface area contributed by atoms with E-state index in [1.54, 1.807) is 30.3 Å². The highest BCUT2D eigenvalue weighted by molar-refractivity contribution is 7.89. The fraction of sp³-hybridized carbons (Fsp3) is 0.459. The Morgan fingerprint density at radius 3 is 2.00 bits per heavy atom. The molecular weight excluding hydrogens is 725 g/mol. The maximum Gasteiger partial charge on any atom is 0.490 e. The molecule has 3 aromatic carbocycles. The average molecular weight is 768 g/mol. The number of piperidine rings is 1. The minimum Gasteiger partial charge on any atom is -0.493 e. The largest absolute Gasteiger partial charge is 0.493 e. The van der Waals surface area contributed by atoms with E-state index < -0.39 is 45.6 Å². The number of carboxylic acids is 1. The van der Waals surface area contributed by atoms with Gasteiger partial charge in [-0.3, -0.25) is 4.79 Å². The molecule has 3 fully saturated rings. The molecule has 0 spiro atoms. The van der Waals surface area contributed by atoms with Gasteiger partial charge in [0, 0.05) is 23.7 Å². The van der Waals surface area contributed by atoms with Crippen molar-refractivity contribution in [2.45, 2.75) is 98.9 Å².